The van der Waals surface area contributed by atoms with Gasteiger partial charge in [-0.25, -0.2) is 4.98 Å². The Labute approximate surface area is 170 Å². The maximum absolute atomic E-state index is 13.4. The largest absolute Gasteiger partial charge is 0.467 e. The molecule has 0 saturated heterocycles. The molecule has 3 aromatic rings. The van der Waals surface area contributed by atoms with Gasteiger partial charge in [-0.1, -0.05) is 11.8 Å². The van der Waals surface area contributed by atoms with Crippen LogP contribution in [0.3, 0.4) is 0 Å². The van der Waals surface area contributed by atoms with Crippen molar-refractivity contribution in [1.82, 2.24) is 9.55 Å². The topological polar surface area (TPSA) is 74.3 Å². The van der Waals surface area contributed by atoms with Crippen LogP contribution >= 0.6 is 23.1 Å². The zero-order chi connectivity index (χ0) is 19.7. The van der Waals surface area contributed by atoms with E-state index in [1.807, 2.05) is 19.9 Å². The van der Waals surface area contributed by atoms with Gasteiger partial charge in [0.2, 0.25) is 0 Å². The molecule has 6 nitrogen and oxygen atoms in total. The Morgan fingerprint density at radius 3 is 2.96 bits per heavy atom. The number of thiophene rings is 1. The summed E-state index contributed by atoms with van der Waals surface area (Å²) >= 11 is 2.85. The number of thioether (sulfide) groups is 1. The van der Waals surface area contributed by atoms with Crippen molar-refractivity contribution in [2.75, 3.05) is 5.75 Å². The van der Waals surface area contributed by atoms with Crippen molar-refractivity contribution in [2.24, 2.45) is 0 Å². The Morgan fingerprint density at radius 2 is 2.21 bits per heavy atom. The highest BCUT2D eigenvalue weighted by Gasteiger charge is 2.23. The average molecular weight is 419 g/mol. The number of hydrogen-bond donors (Lipinski definition) is 0. The highest BCUT2D eigenvalue weighted by atomic mass is 32.2. The van der Waals surface area contributed by atoms with Crippen LogP contribution in [-0.4, -0.2) is 27.4 Å². The third-order valence-electron chi connectivity index (χ3n) is 4.62. The SMILES string of the molecule is CC(C)OC(=O)CSc1nc2sc3c(c2c(=O)n1Cc1ccco1)CCCC3. The normalized spacial score (nSPS) is 13.8. The Kier molecular flexibility index (Phi) is 5.59. The van der Waals surface area contributed by atoms with Crippen molar-refractivity contribution in [2.45, 2.75) is 57.3 Å². The molecule has 8 heteroatoms. The lowest BCUT2D eigenvalue weighted by molar-refractivity contribution is -0.144. The van der Waals surface area contributed by atoms with Crippen LogP contribution in [0.5, 0.6) is 0 Å². The fourth-order valence-electron chi connectivity index (χ4n) is 3.45. The predicted molar refractivity (Wildman–Crippen MR) is 110 cm³/mol. The molecule has 0 N–H and O–H groups in total. The Bertz CT molecular complexity index is 1050. The molecule has 0 saturated carbocycles. The lowest BCUT2D eigenvalue weighted by Gasteiger charge is -2.13. The number of aryl methyl sites for hydroxylation is 2. The van der Waals surface area contributed by atoms with Crippen LogP contribution < -0.4 is 5.56 Å². The molecule has 0 bridgehead atoms. The second-order valence-electron chi connectivity index (χ2n) is 7.08. The van der Waals surface area contributed by atoms with Gasteiger partial charge in [0.05, 0.1) is 30.1 Å². The van der Waals surface area contributed by atoms with E-state index in [1.165, 1.54) is 16.6 Å². The van der Waals surface area contributed by atoms with Crippen LogP contribution in [0, 0.1) is 0 Å². The van der Waals surface area contributed by atoms with Gasteiger partial charge in [0.25, 0.3) is 5.56 Å². The first-order valence-electron chi connectivity index (χ1n) is 9.42. The van der Waals surface area contributed by atoms with Crippen molar-refractivity contribution in [3.63, 3.8) is 0 Å². The predicted octanol–water partition coefficient (Wildman–Crippen LogP) is 4.02. The van der Waals surface area contributed by atoms with E-state index in [4.69, 9.17) is 14.1 Å². The molecule has 4 rings (SSSR count). The van der Waals surface area contributed by atoms with Crippen molar-refractivity contribution in [3.8, 4) is 0 Å². The minimum Gasteiger partial charge on any atom is -0.467 e. The molecule has 0 fully saturated rings. The number of esters is 1. The summed E-state index contributed by atoms with van der Waals surface area (Å²) in [5.41, 5.74) is 1.10. The van der Waals surface area contributed by atoms with E-state index in [2.05, 4.69) is 0 Å². The van der Waals surface area contributed by atoms with E-state index in [0.29, 0.717) is 17.5 Å². The van der Waals surface area contributed by atoms with E-state index in [1.54, 1.807) is 28.2 Å². The number of carbonyl (C=O) groups excluding carboxylic acids is 1. The molecule has 1 aliphatic carbocycles. The summed E-state index contributed by atoms with van der Waals surface area (Å²) in [6, 6.07) is 3.63. The van der Waals surface area contributed by atoms with Gasteiger partial charge < -0.3 is 9.15 Å². The molecule has 3 aromatic heterocycles. The van der Waals surface area contributed by atoms with E-state index < -0.39 is 0 Å². The van der Waals surface area contributed by atoms with Crippen molar-refractivity contribution in [1.29, 1.82) is 0 Å². The van der Waals surface area contributed by atoms with Gasteiger partial charge in [0.1, 0.15) is 10.6 Å². The van der Waals surface area contributed by atoms with E-state index in [0.717, 1.165) is 41.5 Å². The maximum Gasteiger partial charge on any atom is 0.316 e. The number of rotatable bonds is 6. The highest BCUT2D eigenvalue weighted by Crippen LogP contribution is 2.34. The first kappa shape index (κ1) is 19.3. The van der Waals surface area contributed by atoms with Gasteiger partial charge in [-0.3, -0.25) is 14.2 Å². The molecule has 148 valence electrons. The van der Waals surface area contributed by atoms with Gasteiger partial charge in [-0.05, 0) is 57.2 Å². The van der Waals surface area contributed by atoms with Crippen LogP contribution in [0.1, 0.15) is 42.9 Å². The second kappa shape index (κ2) is 8.13. The van der Waals surface area contributed by atoms with Gasteiger partial charge >= 0.3 is 5.97 Å². The molecule has 0 radical (unpaired) electrons. The van der Waals surface area contributed by atoms with Crippen molar-refractivity contribution >= 4 is 39.3 Å². The van der Waals surface area contributed by atoms with Gasteiger partial charge in [0.15, 0.2) is 5.16 Å². The number of nitrogens with zero attached hydrogens (tertiary/aromatic N) is 2. The summed E-state index contributed by atoms with van der Waals surface area (Å²) in [6.45, 7) is 3.92. The lowest BCUT2D eigenvalue weighted by atomic mass is 9.97. The summed E-state index contributed by atoms with van der Waals surface area (Å²) < 4.78 is 12.3. The third-order valence-corrected chi connectivity index (χ3v) is 6.76. The molecular weight excluding hydrogens is 396 g/mol. The van der Waals surface area contributed by atoms with Crippen molar-refractivity contribution in [3.05, 3.63) is 45.0 Å². The number of furan rings is 1. The van der Waals surface area contributed by atoms with Crippen LogP contribution in [0.4, 0.5) is 0 Å². The van der Waals surface area contributed by atoms with Crippen molar-refractivity contribution < 1.29 is 13.9 Å². The number of carbonyl (C=O) groups is 1. The van der Waals surface area contributed by atoms with Crippen LogP contribution in [0.2, 0.25) is 0 Å². The molecule has 3 heterocycles. The molecule has 0 atom stereocenters. The Hall–Kier alpha value is -2.06. The van der Waals surface area contributed by atoms with Crippen LogP contribution in [0.25, 0.3) is 10.2 Å². The molecule has 1 aliphatic rings. The molecule has 0 aliphatic heterocycles. The molecule has 0 amide bonds. The number of fused-ring (bicyclic) bond motifs is 3. The number of hydrogen-bond acceptors (Lipinski definition) is 7. The van der Waals surface area contributed by atoms with Gasteiger partial charge in [-0.15, -0.1) is 11.3 Å². The first-order valence-corrected chi connectivity index (χ1v) is 11.2. The summed E-state index contributed by atoms with van der Waals surface area (Å²) in [7, 11) is 0. The minimum atomic E-state index is -0.315. The Balaban J connectivity index is 1.75. The standard InChI is InChI=1S/C20H22N2O4S2/c1-12(2)26-16(23)11-27-20-21-18-17(14-7-3-4-8-15(14)28-18)19(24)22(20)10-13-6-5-9-25-13/h5-6,9,12H,3-4,7-8,10-11H2,1-2H3. The quantitative estimate of drug-likeness (QED) is 0.342. The molecule has 0 spiro atoms. The third kappa shape index (κ3) is 3.89. The second-order valence-corrected chi connectivity index (χ2v) is 9.11. The highest BCUT2D eigenvalue weighted by molar-refractivity contribution is 7.99. The average Bonchev–Trinajstić information content (AvgIpc) is 3.29. The smallest absolute Gasteiger partial charge is 0.316 e. The summed E-state index contributed by atoms with van der Waals surface area (Å²) in [6.07, 6.45) is 5.62. The summed E-state index contributed by atoms with van der Waals surface area (Å²) in [5.74, 6) is 0.475. The van der Waals surface area contributed by atoms with Gasteiger partial charge in [0, 0.05) is 4.88 Å². The number of aromatic nitrogens is 2. The molecule has 0 unspecified atom stereocenters. The maximum atomic E-state index is 13.4. The fourth-order valence-corrected chi connectivity index (χ4v) is 5.53. The van der Waals surface area contributed by atoms with Crippen LogP contribution in [-0.2, 0) is 28.9 Å². The molecular formula is C20H22N2O4S2. The summed E-state index contributed by atoms with van der Waals surface area (Å²) in [4.78, 5) is 32.2. The summed E-state index contributed by atoms with van der Waals surface area (Å²) in [5, 5.41) is 1.26. The zero-order valence-electron chi connectivity index (χ0n) is 15.9. The number of ether oxygens (including phenoxy) is 1. The van der Waals surface area contributed by atoms with E-state index >= 15 is 0 Å². The van der Waals surface area contributed by atoms with Crippen LogP contribution in [0.15, 0.2) is 32.8 Å². The van der Waals surface area contributed by atoms with E-state index in [9.17, 15) is 9.59 Å². The van der Waals surface area contributed by atoms with Gasteiger partial charge in [-0.2, -0.15) is 0 Å². The zero-order valence-corrected chi connectivity index (χ0v) is 17.5. The fraction of sp³-hybridized carbons (Fsp3) is 0.450. The van der Waals surface area contributed by atoms with E-state index in [-0.39, 0.29) is 23.4 Å². The monoisotopic (exact) mass is 418 g/mol. The minimum absolute atomic E-state index is 0.0551. The molecule has 28 heavy (non-hydrogen) atoms. The lowest BCUT2D eigenvalue weighted by Crippen LogP contribution is -2.25. The first-order chi connectivity index (χ1) is 13.5. The molecule has 0 aromatic carbocycles. The Morgan fingerprint density at radius 1 is 1.39 bits per heavy atom.